The predicted octanol–water partition coefficient (Wildman–Crippen LogP) is 2.09. The quantitative estimate of drug-likeness (QED) is 0.741. The van der Waals surface area contributed by atoms with Crippen molar-refractivity contribution in [2.24, 2.45) is 5.92 Å². The summed E-state index contributed by atoms with van der Waals surface area (Å²) in [5.41, 5.74) is 0.503. The van der Waals surface area contributed by atoms with E-state index in [1.54, 1.807) is 26.2 Å². The van der Waals surface area contributed by atoms with Crippen LogP contribution in [0.25, 0.3) is 0 Å². The average Bonchev–Trinajstić information content (AvgIpc) is 3.22. The number of likely N-dealkylation sites (tertiary alicyclic amines) is 1. The fourth-order valence-corrected chi connectivity index (χ4v) is 4.29. The fraction of sp³-hybridized carbons (Fsp3) is 0.652. The molecular formula is C23H35N3O6. The van der Waals surface area contributed by atoms with E-state index in [1.807, 2.05) is 37.8 Å². The number of amides is 3. The van der Waals surface area contributed by atoms with Gasteiger partial charge in [-0.3, -0.25) is 4.79 Å². The number of morpholine rings is 1. The summed E-state index contributed by atoms with van der Waals surface area (Å²) in [5, 5.41) is 3.01. The van der Waals surface area contributed by atoms with E-state index in [-0.39, 0.29) is 29.3 Å². The number of rotatable bonds is 5. The number of ether oxygens (including phenoxy) is 4. The van der Waals surface area contributed by atoms with Crippen LogP contribution in [0.15, 0.2) is 12.1 Å². The van der Waals surface area contributed by atoms with Crippen molar-refractivity contribution in [3.8, 4) is 17.2 Å². The van der Waals surface area contributed by atoms with Crippen molar-refractivity contribution in [3.63, 3.8) is 0 Å². The summed E-state index contributed by atoms with van der Waals surface area (Å²) in [5.74, 6) is 1.01. The molecule has 178 valence electrons. The second-order valence-electron chi connectivity index (χ2n) is 9.19. The van der Waals surface area contributed by atoms with E-state index in [0.717, 1.165) is 5.56 Å². The Kier molecular flexibility index (Phi) is 7.38. The molecule has 0 bridgehead atoms. The van der Waals surface area contributed by atoms with Gasteiger partial charge in [-0.15, -0.1) is 0 Å². The summed E-state index contributed by atoms with van der Waals surface area (Å²) in [7, 11) is 4.68. The van der Waals surface area contributed by atoms with Crippen LogP contribution in [-0.4, -0.2) is 88.0 Å². The Morgan fingerprint density at radius 3 is 2.06 bits per heavy atom. The van der Waals surface area contributed by atoms with E-state index in [2.05, 4.69) is 5.32 Å². The molecule has 9 nitrogen and oxygen atoms in total. The third-order valence-corrected chi connectivity index (χ3v) is 5.84. The summed E-state index contributed by atoms with van der Waals surface area (Å²) >= 11 is 0. The maximum Gasteiger partial charge on any atom is 0.317 e. The average molecular weight is 450 g/mol. The molecule has 9 heteroatoms. The minimum Gasteiger partial charge on any atom is -0.493 e. The zero-order valence-electron chi connectivity index (χ0n) is 19.9. The van der Waals surface area contributed by atoms with Crippen molar-refractivity contribution in [2.45, 2.75) is 32.2 Å². The van der Waals surface area contributed by atoms with Crippen LogP contribution in [-0.2, 0) is 9.53 Å². The molecule has 1 aromatic carbocycles. The van der Waals surface area contributed by atoms with Gasteiger partial charge in [0.05, 0.1) is 40.5 Å². The number of carbonyl (C=O) groups is 2. The van der Waals surface area contributed by atoms with Crippen molar-refractivity contribution in [1.29, 1.82) is 0 Å². The SMILES string of the molecule is COc1cc([C@H]2CN(C(=O)NC(C)(C)C)C[C@@H]2C(=O)N2CCOCC2)cc(OC)c1OC. The van der Waals surface area contributed by atoms with Crippen LogP contribution in [0.2, 0.25) is 0 Å². The highest BCUT2D eigenvalue weighted by Gasteiger charge is 2.43. The molecule has 2 fully saturated rings. The molecule has 2 saturated heterocycles. The van der Waals surface area contributed by atoms with E-state index in [9.17, 15) is 9.59 Å². The molecule has 2 heterocycles. The highest BCUT2D eigenvalue weighted by Crippen LogP contribution is 2.43. The van der Waals surface area contributed by atoms with Gasteiger partial charge in [0, 0.05) is 37.6 Å². The topological polar surface area (TPSA) is 89.6 Å². The van der Waals surface area contributed by atoms with Crippen LogP contribution in [0.3, 0.4) is 0 Å². The van der Waals surface area contributed by atoms with Crippen molar-refractivity contribution in [2.75, 3.05) is 60.7 Å². The Bertz CT molecular complexity index is 807. The van der Waals surface area contributed by atoms with Gasteiger partial charge in [0.15, 0.2) is 11.5 Å². The molecule has 0 unspecified atom stereocenters. The maximum atomic E-state index is 13.5. The van der Waals surface area contributed by atoms with Crippen molar-refractivity contribution in [1.82, 2.24) is 15.1 Å². The van der Waals surface area contributed by atoms with Gasteiger partial charge in [0.25, 0.3) is 0 Å². The lowest BCUT2D eigenvalue weighted by Crippen LogP contribution is -2.48. The first-order valence-corrected chi connectivity index (χ1v) is 10.9. The molecule has 0 spiro atoms. The molecule has 2 aliphatic rings. The lowest BCUT2D eigenvalue weighted by Gasteiger charge is -2.31. The molecule has 2 aliphatic heterocycles. The Balaban J connectivity index is 1.95. The molecule has 0 aromatic heterocycles. The molecule has 0 saturated carbocycles. The van der Waals surface area contributed by atoms with Gasteiger partial charge in [-0.05, 0) is 38.5 Å². The van der Waals surface area contributed by atoms with E-state index in [0.29, 0.717) is 56.6 Å². The first kappa shape index (κ1) is 24.0. The van der Waals surface area contributed by atoms with Crippen LogP contribution in [0.4, 0.5) is 4.79 Å². The molecule has 1 N–H and O–H groups in total. The first-order valence-electron chi connectivity index (χ1n) is 10.9. The molecule has 0 radical (unpaired) electrons. The number of hydrogen-bond acceptors (Lipinski definition) is 6. The predicted molar refractivity (Wildman–Crippen MR) is 120 cm³/mol. The largest absolute Gasteiger partial charge is 0.493 e. The Morgan fingerprint density at radius 1 is 0.969 bits per heavy atom. The lowest BCUT2D eigenvalue weighted by atomic mass is 9.87. The number of carbonyl (C=O) groups excluding carboxylic acids is 2. The van der Waals surface area contributed by atoms with Gasteiger partial charge in [-0.1, -0.05) is 0 Å². The van der Waals surface area contributed by atoms with Gasteiger partial charge < -0.3 is 34.1 Å². The second kappa shape index (κ2) is 9.85. The molecule has 3 amide bonds. The number of benzene rings is 1. The van der Waals surface area contributed by atoms with Crippen LogP contribution in [0.1, 0.15) is 32.3 Å². The zero-order chi connectivity index (χ0) is 23.5. The van der Waals surface area contributed by atoms with Gasteiger partial charge in [-0.2, -0.15) is 0 Å². The second-order valence-corrected chi connectivity index (χ2v) is 9.19. The molecule has 1 aromatic rings. The monoisotopic (exact) mass is 449 g/mol. The lowest BCUT2D eigenvalue weighted by molar-refractivity contribution is -0.139. The van der Waals surface area contributed by atoms with E-state index < -0.39 is 0 Å². The molecule has 0 aliphatic carbocycles. The Morgan fingerprint density at radius 2 is 1.56 bits per heavy atom. The third kappa shape index (κ3) is 5.20. The minimum atomic E-state index is -0.373. The van der Waals surface area contributed by atoms with Gasteiger partial charge in [0.2, 0.25) is 11.7 Å². The zero-order valence-corrected chi connectivity index (χ0v) is 19.9. The van der Waals surface area contributed by atoms with E-state index in [1.165, 1.54) is 0 Å². The number of nitrogens with one attached hydrogen (secondary N) is 1. The van der Waals surface area contributed by atoms with Crippen LogP contribution in [0.5, 0.6) is 17.2 Å². The van der Waals surface area contributed by atoms with Crippen LogP contribution >= 0.6 is 0 Å². The molecule has 3 rings (SSSR count). The highest BCUT2D eigenvalue weighted by atomic mass is 16.5. The number of nitrogens with zero attached hydrogens (tertiary/aromatic N) is 2. The van der Waals surface area contributed by atoms with Crippen molar-refractivity contribution >= 4 is 11.9 Å². The Labute approximate surface area is 189 Å². The van der Waals surface area contributed by atoms with Crippen LogP contribution in [0, 0.1) is 5.92 Å². The van der Waals surface area contributed by atoms with E-state index >= 15 is 0 Å². The third-order valence-electron chi connectivity index (χ3n) is 5.84. The van der Waals surface area contributed by atoms with Gasteiger partial charge in [0.1, 0.15) is 0 Å². The van der Waals surface area contributed by atoms with Gasteiger partial charge >= 0.3 is 6.03 Å². The summed E-state index contributed by atoms with van der Waals surface area (Å²) < 4.78 is 21.9. The summed E-state index contributed by atoms with van der Waals surface area (Å²) in [6, 6.07) is 3.57. The summed E-state index contributed by atoms with van der Waals surface area (Å²) in [6.45, 7) is 8.76. The molecule has 2 atom stereocenters. The molecular weight excluding hydrogens is 414 g/mol. The first-order chi connectivity index (χ1) is 15.2. The van der Waals surface area contributed by atoms with E-state index in [4.69, 9.17) is 18.9 Å². The number of methoxy groups -OCH3 is 3. The highest BCUT2D eigenvalue weighted by molar-refractivity contribution is 5.83. The molecule has 32 heavy (non-hydrogen) atoms. The van der Waals surface area contributed by atoms with Crippen LogP contribution < -0.4 is 19.5 Å². The Hall–Kier alpha value is -2.68. The summed E-state index contributed by atoms with van der Waals surface area (Å²) in [6.07, 6.45) is 0. The van der Waals surface area contributed by atoms with Crippen molar-refractivity contribution < 1.29 is 28.5 Å². The normalized spacial score (nSPS) is 21.3. The van der Waals surface area contributed by atoms with Crippen molar-refractivity contribution in [3.05, 3.63) is 17.7 Å². The summed E-state index contributed by atoms with van der Waals surface area (Å²) in [4.78, 5) is 30.0. The number of hydrogen-bond donors (Lipinski definition) is 1. The maximum absolute atomic E-state index is 13.5. The van der Waals surface area contributed by atoms with Gasteiger partial charge in [-0.25, -0.2) is 4.79 Å². The smallest absolute Gasteiger partial charge is 0.317 e. The fourth-order valence-electron chi connectivity index (χ4n) is 4.29. The minimum absolute atomic E-state index is 0.0399. The standard InChI is InChI=1S/C23H35N3O6/c1-23(2,3)24-22(28)26-13-16(17(14-26)21(27)25-7-9-32-10-8-25)15-11-18(29-4)20(31-6)19(12-15)30-5/h11-12,16-17H,7-10,13-14H2,1-6H3,(H,24,28)/t16-,17+/m1/s1. The number of urea groups is 1.